The van der Waals surface area contributed by atoms with E-state index >= 15 is 0 Å². The third-order valence-corrected chi connectivity index (χ3v) is 4.40. The van der Waals surface area contributed by atoms with Crippen LogP contribution in [0.4, 0.5) is 0 Å². The van der Waals surface area contributed by atoms with E-state index in [2.05, 4.69) is 12.2 Å². The van der Waals surface area contributed by atoms with Gasteiger partial charge in [0.1, 0.15) is 0 Å². The Morgan fingerprint density at radius 2 is 1.50 bits per heavy atom. The van der Waals surface area contributed by atoms with Gasteiger partial charge in [-0.3, -0.25) is 9.59 Å². The second kappa shape index (κ2) is 1.95. The predicted octanol–water partition coefficient (Wildman–Crippen LogP) is 0.754. The van der Waals surface area contributed by atoms with Crippen molar-refractivity contribution in [3.05, 3.63) is 12.2 Å². The zero-order chi connectivity index (χ0) is 9.45. The van der Waals surface area contributed by atoms with E-state index in [0.717, 1.165) is 0 Å². The SMILES string of the molecule is O=C1OC(=O)[C@H]2C3C=CC(C4CC43)C12. The molecule has 1 aliphatic heterocycles. The molecule has 2 saturated carbocycles. The molecule has 2 bridgehead atoms. The topological polar surface area (TPSA) is 43.4 Å². The molecule has 4 aliphatic carbocycles. The highest BCUT2D eigenvalue weighted by Crippen LogP contribution is 2.65. The molecule has 72 valence electrons. The Hall–Kier alpha value is -1.12. The van der Waals surface area contributed by atoms with Crippen LogP contribution in [0.5, 0.6) is 0 Å². The van der Waals surface area contributed by atoms with Crippen molar-refractivity contribution in [3.8, 4) is 0 Å². The van der Waals surface area contributed by atoms with Crippen LogP contribution in [0.1, 0.15) is 6.42 Å². The Bertz CT molecular complexity index is 350. The molecule has 0 radical (unpaired) electrons. The monoisotopic (exact) mass is 190 g/mol. The Kier molecular flexibility index (Phi) is 1.00. The van der Waals surface area contributed by atoms with Gasteiger partial charge in [0.15, 0.2) is 0 Å². The van der Waals surface area contributed by atoms with Crippen LogP contribution < -0.4 is 0 Å². The lowest BCUT2D eigenvalue weighted by atomic mass is 9.63. The first-order valence-electron chi connectivity index (χ1n) is 5.21. The van der Waals surface area contributed by atoms with Crippen LogP contribution in [-0.4, -0.2) is 11.9 Å². The quantitative estimate of drug-likeness (QED) is 0.321. The lowest BCUT2D eigenvalue weighted by Gasteiger charge is -2.36. The molecule has 5 unspecified atom stereocenters. The molecule has 0 N–H and O–H groups in total. The first-order chi connectivity index (χ1) is 6.77. The van der Waals surface area contributed by atoms with Gasteiger partial charge in [0, 0.05) is 0 Å². The first kappa shape index (κ1) is 7.21. The molecule has 3 fully saturated rings. The van der Waals surface area contributed by atoms with E-state index in [1.54, 1.807) is 0 Å². The summed E-state index contributed by atoms with van der Waals surface area (Å²) in [6, 6.07) is 0. The van der Waals surface area contributed by atoms with Crippen LogP contribution in [-0.2, 0) is 14.3 Å². The fourth-order valence-electron chi connectivity index (χ4n) is 3.76. The Morgan fingerprint density at radius 3 is 2.00 bits per heavy atom. The van der Waals surface area contributed by atoms with Gasteiger partial charge in [-0.2, -0.15) is 0 Å². The van der Waals surface area contributed by atoms with Crippen molar-refractivity contribution in [3.63, 3.8) is 0 Å². The highest BCUT2D eigenvalue weighted by atomic mass is 16.6. The summed E-state index contributed by atoms with van der Waals surface area (Å²) in [7, 11) is 0. The number of cyclic esters (lactones) is 2. The molecule has 1 saturated heterocycles. The van der Waals surface area contributed by atoms with Crippen molar-refractivity contribution in [1.29, 1.82) is 0 Å². The maximum atomic E-state index is 11.5. The van der Waals surface area contributed by atoms with Gasteiger partial charge in [0.25, 0.3) is 0 Å². The number of esters is 2. The maximum absolute atomic E-state index is 11.5. The summed E-state index contributed by atoms with van der Waals surface area (Å²) in [5, 5.41) is 0. The zero-order valence-corrected chi connectivity index (χ0v) is 7.55. The largest absolute Gasteiger partial charge is 0.393 e. The molecule has 0 aromatic rings. The molecule has 5 aliphatic rings. The lowest BCUT2D eigenvalue weighted by Crippen LogP contribution is -2.40. The predicted molar refractivity (Wildman–Crippen MR) is 45.8 cm³/mol. The van der Waals surface area contributed by atoms with E-state index in [9.17, 15) is 9.59 Å². The van der Waals surface area contributed by atoms with Crippen LogP contribution in [0.15, 0.2) is 12.2 Å². The molecular weight excluding hydrogens is 180 g/mol. The Labute approximate surface area is 81.1 Å². The molecule has 5 rings (SSSR count). The molecular formula is C11H10O3. The minimum absolute atomic E-state index is 0.138. The number of hydrogen-bond acceptors (Lipinski definition) is 3. The fourth-order valence-corrected chi connectivity index (χ4v) is 3.76. The molecule has 6 atom stereocenters. The molecule has 0 spiro atoms. The first-order valence-corrected chi connectivity index (χ1v) is 5.21. The van der Waals surface area contributed by atoms with Crippen molar-refractivity contribution in [2.24, 2.45) is 35.5 Å². The number of rotatable bonds is 0. The summed E-state index contributed by atoms with van der Waals surface area (Å²) in [6.07, 6.45) is 5.48. The van der Waals surface area contributed by atoms with Crippen molar-refractivity contribution in [1.82, 2.24) is 0 Å². The Balaban J connectivity index is 1.88. The molecule has 1 heterocycles. The highest BCUT2D eigenvalue weighted by Gasteiger charge is 2.66. The zero-order valence-electron chi connectivity index (χ0n) is 7.55. The van der Waals surface area contributed by atoms with Gasteiger partial charge in [0.2, 0.25) is 0 Å². The summed E-state index contributed by atoms with van der Waals surface area (Å²) in [4.78, 5) is 23.0. The highest BCUT2D eigenvalue weighted by molar-refractivity contribution is 5.97. The second-order valence-electron chi connectivity index (χ2n) is 4.89. The van der Waals surface area contributed by atoms with E-state index < -0.39 is 0 Å². The van der Waals surface area contributed by atoms with Gasteiger partial charge in [-0.15, -0.1) is 0 Å². The van der Waals surface area contributed by atoms with E-state index in [1.807, 2.05) is 0 Å². The van der Waals surface area contributed by atoms with Crippen molar-refractivity contribution in [2.75, 3.05) is 0 Å². The second-order valence-corrected chi connectivity index (χ2v) is 4.89. The summed E-state index contributed by atoms with van der Waals surface area (Å²) < 4.78 is 4.74. The minimum Gasteiger partial charge on any atom is -0.393 e. The van der Waals surface area contributed by atoms with Crippen LogP contribution in [0.3, 0.4) is 0 Å². The summed E-state index contributed by atoms with van der Waals surface area (Å²) in [5.41, 5.74) is 0. The third-order valence-electron chi connectivity index (χ3n) is 4.40. The van der Waals surface area contributed by atoms with Crippen LogP contribution in [0.25, 0.3) is 0 Å². The number of hydrogen-bond donors (Lipinski definition) is 0. The Morgan fingerprint density at radius 1 is 1.00 bits per heavy atom. The standard InChI is InChI=1S/C11H10O3/c12-10-8-4-1-2-5(7-3-6(4)7)9(8)11(13)14-10/h1-2,4-9H,3H2/t4?,5?,6?,7?,8-,9?/m0/s1. The molecule has 0 amide bonds. The molecule has 3 heteroatoms. The molecule has 0 aromatic heterocycles. The average Bonchev–Trinajstić information content (AvgIpc) is 2.92. The summed E-state index contributed by atoms with van der Waals surface area (Å²) in [6.45, 7) is 0. The summed E-state index contributed by atoms with van der Waals surface area (Å²) in [5.74, 6) is 1.12. The number of carbonyl (C=O) groups is 2. The number of allylic oxidation sites excluding steroid dienone is 2. The van der Waals surface area contributed by atoms with Gasteiger partial charge in [-0.05, 0) is 30.1 Å². The van der Waals surface area contributed by atoms with Gasteiger partial charge in [-0.1, -0.05) is 12.2 Å². The van der Waals surface area contributed by atoms with Crippen LogP contribution in [0, 0.1) is 35.5 Å². The van der Waals surface area contributed by atoms with E-state index in [0.29, 0.717) is 23.7 Å². The van der Waals surface area contributed by atoms with Crippen LogP contribution >= 0.6 is 0 Å². The van der Waals surface area contributed by atoms with Gasteiger partial charge in [0.05, 0.1) is 11.8 Å². The summed E-state index contributed by atoms with van der Waals surface area (Å²) >= 11 is 0. The minimum atomic E-state index is -0.273. The van der Waals surface area contributed by atoms with Crippen molar-refractivity contribution >= 4 is 11.9 Å². The van der Waals surface area contributed by atoms with E-state index in [4.69, 9.17) is 4.74 Å². The third kappa shape index (κ3) is 0.606. The van der Waals surface area contributed by atoms with Gasteiger partial charge >= 0.3 is 11.9 Å². The van der Waals surface area contributed by atoms with Crippen LogP contribution in [0.2, 0.25) is 0 Å². The molecule has 0 aromatic carbocycles. The normalized spacial score (nSPS) is 56.9. The van der Waals surface area contributed by atoms with E-state index in [1.165, 1.54) is 6.42 Å². The fraction of sp³-hybridized carbons (Fsp3) is 0.636. The molecule has 14 heavy (non-hydrogen) atoms. The van der Waals surface area contributed by atoms with Gasteiger partial charge in [-0.25, -0.2) is 0 Å². The lowest BCUT2D eigenvalue weighted by molar-refractivity contribution is -0.154. The molecule has 3 nitrogen and oxygen atoms in total. The maximum Gasteiger partial charge on any atom is 0.318 e. The van der Waals surface area contributed by atoms with E-state index in [-0.39, 0.29) is 23.8 Å². The average molecular weight is 190 g/mol. The number of carbonyl (C=O) groups excluding carboxylic acids is 2. The number of ether oxygens (including phenoxy) is 1. The van der Waals surface area contributed by atoms with Crippen molar-refractivity contribution in [2.45, 2.75) is 6.42 Å². The smallest absolute Gasteiger partial charge is 0.318 e. The van der Waals surface area contributed by atoms with Crippen molar-refractivity contribution < 1.29 is 14.3 Å². The van der Waals surface area contributed by atoms with Gasteiger partial charge < -0.3 is 4.74 Å².